The van der Waals surface area contributed by atoms with Gasteiger partial charge in [0.1, 0.15) is 20.4 Å². The van der Waals surface area contributed by atoms with Crippen molar-refractivity contribution in [1.29, 1.82) is 0 Å². The van der Waals surface area contributed by atoms with E-state index in [0.717, 1.165) is 0 Å². The van der Waals surface area contributed by atoms with Crippen molar-refractivity contribution < 1.29 is 95.3 Å². The van der Waals surface area contributed by atoms with E-state index in [2.05, 4.69) is 9.47 Å². The summed E-state index contributed by atoms with van der Waals surface area (Å²) in [6, 6.07) is 0. The van der Waals surface area contributed by atoms with Crippen LogP contribution in [0.5, 0.6) is 0 Å². The van der Waals surface area contributed by atoms with Gasteiger partial charge in [-0.15, -0.1) is 0 Å². The second kappa shape index (κ2) is 37.0. The summed E-state index contributed by atoms with van der Waals surface area (Å²) < 4.78 is 8.49. The van der Waals surface area contributed by atoms with Gasteiger partial charge >= 0.3 is 0 Å². The fraction of sp³-hybridized carbons (Fsp3) is 0.800. The van der Waals surface area contributed by atoms with Crippen LogP contribution in [0.15, 0.2) is 0 Å². The van der Waals surface area contributed by atoms with E-state index in [1.54, 1.807) is 0 Å². The first-order valence-electron chi connectivity index (χ1n) is 2.42. The fourth-order valence-electron chi connectivity index (χ4n) is 0.133. The molecule has 0 amide bonds. The first kappa shape index (κ1) is 29.4. The third-order valence-electron chi connectivity index (χ3n) is 0.349. The molecule has 0 aliphatic heterocycles. The second-order valence-electron chi connectivity index (χ2n) is 0.926. The quantitative estimate of drug-likeness (QED) is 0.273. The van der Waals surface area contributed by atoms with E-state index in [1.807, 2.05) is 0 Å². The molecule has 6 nitrogen and oxygen atoms in total. The van der Waals surface area contributed by atoms with Crippen LogP contribution < -0.4 is 0 Å². The minimum Gasteiger partial charge on any atom is -0.371 e. The van der Waals surface area contributed by atoms with Crippen molar-refractivity contribution in [2.75, 3.05) is 27.2 Å². The third kappa shape index (κ3) is 56.2. The van der Waals surface area contributed by atoms with Crippen LogP contribution in [0.25, 0.3) is 0 Å². The van der Waals surface area contributed by atoms with Crippen LogP contribution >= 0.6 is 0 Å². The van der Waals surface area contributed by atoms with Crippen LogP contribution in [0.3, 0.4) is 0 Å². The zero-order chi connectivity index (χ0) is 8.24. The Hall–Kier alpha value is 1.97. The van der Waals surface area contributed by atoms with Crippen LogP contribution in [-0.2, 0) is 74.9 Å². The summed E-state index contributed by atoms with van der Waals surface area (Å²) in [5.41, 5.74) is 0. The van der Waals surface area contributed by atoms with E-state index >= 15 is 0 Å². The molecule has 0 saturated heterocycles. The predicted molar refractivity (Wildman–Crippen MR) is 36.9 cm³/mol. The average molecular weight is 349 g/mol. The minimum atomic E-state index is -0.750. The standard InChI is InChI=1S/C3H8O4.CH4O2.CH3.2Y/c4-1-6-3-7-2-5;2-1-3;;;/h4-5H,1-3H2;2-3H,1H2;1H3;;/q;;-1;;. The van der Waals surface area contributed by atoms with Crippen molar-refractivity contribution in [3.63, 3.8) is 0 Å². The molecule has 0 aliphatic rings. The molecule has 13 heavy (non-hydrogen) atoms. The predicted octanol–water partition coefficient (Wildman–Crippen LogP) is -1.75. The van der Waals surface area contributed by atoms with Crippen LogP contribution in [-0.4, -0.2) is 47.6 Å². The Morgan fingerprint density at radius 1 is 0.769 bits per heavy atom. The van der Waals surface area contributed by atoms with Gasteiger partial charge in [-0.1, -0.05) is 0 Å². The van der Waals surface area contributed by atoms with Crippen molar-refractivity contribution in [2.24, 2.45) is 0 Å². The third-order valence-corrected chi connectivity index (χ3v) is 0.349. The van der Waals surface area contributed by atoms with E-state index in [1.165, 1.54) is 0 Å². The molecule has 4 N–H and O–H groups in total. The summed E-state index contributed by atoms with van der Waals surface area (Å²) in [6.45, 7) is -1.56. The summed E-state index contributed by atoms with van der Waals surface area (Å²) in [5.74, 6) is 0. The molecule has 0 saturated carbocycles. The Morgan fingerprint density at radius 3 is 1.15 bits per heavy atom. The molecule has 0 aliphatic carbocycles. The normalized spacial score (nSPS) is 6.46. The maximum absolute atomic E-state index is 7.91. The van der Waals surface area contributed by atoms with E-state index < -0.39 is 6.79 Å². The number of aliphatic hydroxyl groups excluding tert-OH is 3. The van der Waals surface area contributed by atoms with Crippen LogP contribution in [0.2, 0.25) is 0 Å². The molecule has 0 rings (SSSR count). The van der Waals surface area contributed by atoms with Gasteiger partial charge in [-0.25, -0.2) is 0 Å². The summed E-state index contributed by atoms with van der Waals surface area (Å²) in [5, 5.41) is 30.1. The first-order valence-corrected chi connectivity index (χ1v) is 2.42. The maximum Gasteiger partial charge on any atom is 0.152 e. The number of rotatable bonds is 4. The minimum absolute atomic E-state index is 0. The maximum atomic E-state index is 7.91. The van der Waals surface area contributed by atoms with Gasteiger partial charge in [-0.3, -0.25) is 0 Å². The molecule has 0 aromatic heterocycles. The largest absolute Gasteiger partial charge is 0.371 e. The Labute approximate surface area is 128 Å². The molecule has 0 unspecified atom stereocenters. The SMILES string of the molecule is OCO.OCOCOCO.[CH3-].[Y].[Y]. The second-order valence-corrected chi connectivity index (χ2v) is 0.926. The van der Waals surface area contributed by atoms with Gasteiger partial charge < -0.3 is 37.3 Å². The van der Waals surface area contributed by atoms with Gasteiger partial charge in [0.2, 0.25) is 0 Å². The molecule has 0 heterocycles. The topological polar surface area (TPSA) is 99.4 Å². The van der Waals surface area contributed by atoms with E-state index in [-0.39, 0.29) is 93.2 Å². The molecule has 8 heteroatoms. The van der Waals surface area contributed by atoms with Crippen LogP contribution in [0.4, 0.5) is 0 Å². The van der Waals surface area contributed by atoms with E-state index in [9.17, 15) is 0 Å². The van der Waals surface area contributed by atoms with Gasteiger partial charge in [0.05, 0.1) is 0 Å². The number of hydrogen-bond acceptors (Lipinski definition) is 6. The Bertz CT molecular complexity index is 46.0. The van der Waals surface area contributed by atoms with Gasteiger partial charge in [-0.2, -0.15) is 0 Å². The zero-order valence-electron chi connectivity index (χ0n) is 7.59. The molecule has 0 aromatic rings. The van der Waals surface area contributed by atoms with Crippen LogP contribution in [0, 0.1) is 7.43 Å². The number of hydrogen-bond donors (Lipinski definition) is 4. The summed E-state index contributed by atoms with van der Waals surface area (Å²) >= 11 is 0. The van der Waals surface area contributed by atoms with E-state index in [0.29, 0.717) is 0 Å². The molecular formula is C5H15O6Y2-. The van der Waals surface area contributed by atoms with Gasteiger partial charge in [0, 0.05) is 65.4 Å². The molecule has 2 radical (unpaired) electrons. The summed E-state index contributed by atoms with van der Waals surface area (Å²) in [4.78, 5) is 0. The van der Waals surface area contributed by atoms with Crippen molar-refractivity contribution in [3.8, 4) is 0 Å². The van der Waals surface area contributed by atoms with Crippen molar-refractivity contribution in [3.05, 3.63) is 7.43 Å². The number of ether oxygens (including phenoxy) is 2. The summed E-state index contributed by atoms with van der Waals surface area (Å²) in [6.07, 6.45) is 0. The molecule has 0 aromatic carbocycles. The van der Waals surface area contributed by atoms with Crippen molar-refractivity contribution >= 4 is 0 Å². The molecule has 78 valence electrons. The van der Waals surface area contributed by atoms with Gasteiger partial charge in [-0.05, 0) is 0 Å². The van der Waals surface area contributed by atoms with Crippen molar-refractivity contribution in [2.45, 2.75) is 0 Å². The Morgan fingerprint density at radius 2 is 1.00 bits per heavy atom. The molecule has 0 spiro atoms. The van der Waals surface area contributed by atoms with Gasteiger partial charge in [0.25, 0.3) is 0 Å². The first-order chi connectivity index (χ1) is 4.83. The van der Waals surface area contributed by atoms with Gasteiger partial charge in [0.15, 0.2) is 6.79 Å². The Balaban J connectivity index is -0.0000000320. The van der Waals surface area contributed by atoms with Crippen molar-refractivity contribution in [1.82, 2.24) is 0 Å². The summed E-state index contributed by atoms with van der Waals surface area (Å²) in [7, 11) is 0. The van der Waals surface area contributed by atoms with E-state index in [4.69, 9.17) is 20.4 Å². The fourth-order valence-corrected chi connectivity index (χ4v) is 0.133. The molecule has 0 bridgehead atoms. The monoisotopic (exact) mass is 349 g/mol. The molecule has 0 atom stereocenters. The molecular weight excluding hydrogens is 334 g/mol. The molecule has 0 fully saturated rings. The average Bonchev–Trinajstić information content (AvgIpc) is 1.91. The Kier molecular flexibility index (Phi) is 83.6. The smallest absolute Gasteiger partial charge is 0.152 e. The number of aliphatic hydroxyl groups is 4. The van der Waals surface area contributed by atoms with Crippen LogP contribution in [0.1, 0.15) is 0 Å². The zero-order valence-corrected chi connectivity index (χ0v) is 13.3.